The monoisotopic (exact) mass is 413 g/mol. The number of ether oxygens (including phenoxy) is 1. The van der Waals surface area contributed by atoms with E-state index in [4.69, 9.17) is 0 Å². The third-order valence-electron chi connectivity index (χ3n) is 5.89. The van der Waals surface area contributed by atoms with Crippen molar-refractivity contribution in [2.24, 2.45) is 5.92 Å². The van der Waals surface area contributed by atoms with E-state index in [1.807, 2.05) is 4.90 Å². The number of hydrogen-bond donors (Lipinski definition) is 1. The SMILES string of the molecule is CC(C)N1CCN(C(=O)[C@H]2CC[C@@H](Nc3ccc(OC(F)(F)F)cc3)CC2)CC1. The van der Waals surface area contributed by atoms with Crippen LogP contribution in [0, 0.1) is 5.92 Å². The van der Waals surface area contributed by atoms with Gasteiger partial charge in [-0.2, -0.15) is 0 Å². The molecule has 1 aliphatic carbocycles. The zero-order valence-electron chi connectivity index (χ0n) is 17.0. The molecule has 3 rings (SSSR count). The molecular formula is C21H30F3N3O2. The molecule has 0 spiro atoms. The fourth-order valence-electron chi connectivity index (χ4n) is 4.19. The molecule has 1 saturated carbocycles. The molecule has 1 aromatic rings. The Kier molecular flexibility index (Phi) is 6.93. The van der Waals surface area contributed by atoms with Crippen molar-refractivity contribution in [1.82, 2.24) is 9.80 Å². The minimum Gasteiger partial charge on any atom is -0.406 e. The molecule has 0 unspecified atom stereocenters. The molecule has 5 nitrogen and oxygen atoms in total. The smallest absolute Gasteiger partial charge is 0.406 e. The number of carbonyl (C=O) groups excluding carboxylic acids is 1. The average molecular weight is 413 g/mol. The van der Waals surface area contributed by atoms with E-state index >= 15 is 0 Å². The van der Waals surface area contributed by atoms with E-state index in [-0.39, 0.29) is 23.6 Å². The first-order chi connectivity index (χ1) is 13.7. The molecule has 29 heavy (non-hydrogen) atoms. The van der Waals surface area contributed by atoms with E-state index in [2.05, 4.69) is 28.8 Å². The first-order valence-electron chi connectivity index (χ1n) is 10.4. The summed E-state index contributed by atoms with van der Waals surface area (Å²) in [7, 11) is 0. The van der Waals surface area contributed by atoms with E-state index in [1.54, 1.807) is 12.1 Å². The van der Waals surface area contributed by atoms with Crippen LogP contribution in [0.2, 0.25) is 0 Å². The molecule has 1 N–H and O–H groups in total. The Hall–Kier alpha value is -1.96. The molecule has 0 atom stereocenters. The molecule has 0 radical (unpaired) electrons. The van der Waals surface area contributed by atoms with Gasteiger partial charge in [-0.05, 0) is 63.8 Å². The van der Waals surface area contributed by atoms with Gasteiger partial charge in [-0.1, -0.05) is 0 Å². The van der Waals surface area contributed by atoms with Crippen molar-refractivity contribution in [2.75, 3.05) is 31.5 Å². The summed E-state index contributed by atoms with van der Waals surface area (Å²) >= 11 is 0. The largest absolute Gasteiger partial charge is 0.573 e. The summed E-state index contributed by atoms with van der Waals surface area (Å²) in [6, 6.07) is 6.54. The highest BCUT2D eigenvalue weighted by Crippen LogP contribution is 2.30. The number of hydrogen-bond acceptors (Lipinski definition) is 4. The zero-order chi connectivity index (χ0) is 21.0. The summed E-state index contributed by atoms with van der Waals surface area (Å²) in [5.74, 6) is 0.136. The van der Waals surface area contributed by atoms with Gasteiger partial charge in [0.1, 0.15) is 5.75 Å². The summed E-state index contributed by atoms with van der Waals surface area (Å²) in [6.45, 7) is 7.86. The quantitative estimate of drug-likeness (QED) is 0.789. The Morgan fingerprint density at radius 2 is 1.62 bits per heavy atom. The molecule has 1 aromatic carbocycles. The number of piperazine rings is 1. The van der Waals surface area contributed by atoms with E-state index in [0.717, 1.165) is 57.5 Å². The van der Waals surface area contributed by atoms with Crippen LogP contribution in [-0.4, -0.2) is 60.3 Å². The molecule has 2 aliphatic rings. The second kappa shape index (κ2) is 9.24. The number of amides is 1. The van der Waals surface area contributed by atoms with E-state index < -0.39 is 6.36 Å². The van der Waals surface area contributed by atoms with E-state index in [1.165, 1.54) is 12.1 Å². The second-order valence-corrected chi connectivity index (χ2v) is 8.22. The topological polar surface area (TPSA) is 44.8 Å². The van der Waals surface area contributed by atoms with Gasteiger partial charge in [-0.3, -0.25) is 9.69 Å². The predicted octanol–water partition coefficient (Wildman–Crippen LogP) is 4.11. The van der Waals surface area contributed by atoms with Crippen LogP contribution < -0.4 is 10.1 Å². The number of halogens is 3. The highest BCUT2D eigenvalue weighted by molar-refractivity contribution is 5.79. The van der Waals surface area contributed by atoms with Crippen molar-refractivity contribution in [3.8, 4) is 5.75 Å². The van der Waals surface area contributed by atoms with E-state index in [0.29, 0.717) is 6.04 Å². The predicted molar refractivity (Wildman–Crippen MR) is 106 cm³/mol. The lowest BCUT2D eigenvalue weighted by atomic mass is 9.85. The molecule has 1 saturated heterocycles. The number of carbonyl (C=O) groups is 1. The number of nitrogens with zero attached hydrogens (tertiary/aromatic N) is 2. The van der Waals surface area contributed by atoms with Crippen LogP contribution in [0.3, 0.4) is 0 Å². The van der Waals surface area contributed by atoms with Gasteiger partial charge in [-0.25, -0.2) is 0 Å². The Balaban J connectivity index is 1.43. The van der Waals surface area contributed by atoms with Crippen LogP contribution in [0.15, 0.2) is 24.3 Å². The standard InChI is InChI=1S/C21H30F3N3O2/c1-15(2)26-11-13-27(14-12-26)20(28)16-3-5-17(6-4-16)25-18-7-9-19(10-8-18)29-21(22,23)24/h7-10,15-17,25H,3-6,11-14H2,1-2H3/t16-,17+. The van der Waals surface area contributed by atoms with Crippen molar-refractivity contribution in [2.45, 2.75) is 58.0 Å². The molecule has 1 amide bonds. The van der Waals surface area contributed by atoms with Gasteiger partial charge in [0.25, 0.3) is 0 Å². The minimum absolute atomic E-state index is 0.0845. The van der Waals surface area contributed by atoms with Crippen molar-refractivity contribution in [3.63, 3.8) is 0 Å². The molecule has 0 aromatic heterocycles. The van der Waals surface area contributed by atoms with Gasteiger partial charge in [0.15, 0.2) is 0 Å². The maximum Gasteiger partial charge on any atom is 0.573 e. The molecule has 2 fully saturated rings. The normalized spacial score (nSPS) is 23.9. The lowest BCUT2D eigenvalue weighted by Gasteiger charge is -2.39. The van der Waals surface area contributed by atoms with Gasteiger partial charge in [0.2, 0.25) is 5.91 Å². The highest BCUT2D eigenvalue weighted by atomic mass is 19.4. The second-order valence-electron chi connectivity index (χ2n) is 8.22. The summed E-state index contributed by atoms with van der Waals surface area (Å²) in [5.41, 5.74) is 0.763. The lowest BCUT2D eigenvalue weighted by Crippen LogP contribution is -2.52. The molecule has 1 heterocycles. The van der Waals surface area contributed by atoms with Crippen LogP contribution >= 0.6 is 0 Å². The fourth-order valence-corrected chi connectivity index (χ4v) is 4.19. The van der Waals surface area contributed by atoms with Crippen LogP contribution in [0.5, 0.6) is 5.75 Å². The molecule has 1 aliphatic heterocycles. The third kappa shape index (κ3) is 6.26. The third-order valence-corrected chi connectivity index (χ3v) is 5.89. The summed E-state index contributed by atoms with van der Waals surface area (Å²) in [5, 5.41) is 3.36. The molecule has 8 heteroatoms. The molecule has 0 bridgehead atoms. The number of nitrogens with one attached hydrogen (secondary N) is 1. The molecular weight excluding hydrogens is 383 g/mol. The van der Waals surface area contributed by atoms with Crippen LogP contribution in [0.1, 0.15) is 39.5 Å². The van der Waals surface area contributed by atoms with Crippen molar-refractivity contribution in [1.29, 1.82) is 0 Å². The maximum absolute atomic E-state index is 12.8. The summed E-state index contributed by atoms with van der Waals surface area (Å²) < 4.78 is 40.6. The highest BCUT2D eigenvalue weighted by Gasteiger charge is 2.32. The number of alkyl halides is 3. The van der Waals surface area contributed by atoms with Gasteiger partial charge in [-0.15, -0.1) is 13.2 Å². The molecule has 162 valence electrons. The number of benzene rings is 1. The van der Waals surface area contributed by atoms with Crippen molar-refractivity contribution < 1.29 is 22.7 Å². The first kappa shape index (κ1) is 21.7. The average Bonchev–Trinajstić information content (AvgIpc) is 2.68. The Bertz CT molecular complexity index is 663. The summed E-state index contributed by atoms with van der Waals surface area (Å²) in [6.07, 6.45) is -1.24. The van der Waals surface area contributed by atoms with Crippen molar-refractivity contribution >= 4 is 11.6 Å². The summed E-state index contributed by atoms with van der Waals surface area (Å²) in [4.78, 5) is 17.2. The first-order valence-corrected chi connectivity index (χ1v) is 10.4. The van der Waals surface area contributed by atoms with Crippen LogP contribution in [-0.2, 0) is 4.79 Å². The van der Waals surface area contributed by atoms with Crippen LogP contribution in [0.25, 0.3) is 0 Å². The van der Waals surface area contributed by atoms with Gasteiger partial charge in [0.05, 0.1) is 0 Å². The van der Waals surface area contributed by atoms with Gasteiger partial charge < -0.3 is 15.0 Å². The zero-order valence-corrected chi connectivity index (χ0v) is 17.0. The number of rotatable bonds is 5. The van der Waals surface area contributed by atoms with Gasteiger partial charge in [0, 0.05) is 49.9 Å². The Morgan fingerprint density at radius 3 is 2.14 bits per heavy atom. The van der Waals surface area contributed by atoms with Crippen LogP contribution in [0.4, 0.5) is 18.9 Å². The fraction of sp³-hybridized carbons (Fsp3) is 0.667. The van der Waals surface area contributed by atoms with Crippen molar-refractivity contribution in [3.05, 3.63) is 24.3 Å². The minimum atomic E-state index is -4.68. The number of anilines is 1. The maximum atomic E-state index is 12.8. The Labute approximate surface area is 170 Å². The van der Waals surface area contributed by atoms with Gasteiger partial charge >= 0.3 is 6.36 Å². The lowest BCUT2D eigenvalue weighted by molar-refractivity contribution is -0.274. The Morgan fingerprint density at radius 1 is 1.03 bits per heavy atom. The van der Waals surface area contributed by atoms with E-state index in [9.17, 15) is 18.0 Å².